The first-order valence-corrected chi connectivity index (χ1v) is 17.7. The van der Waals surface area contributed by atoms with Crippen molar-refractivity contribution in [1.29, 1.82) is 0 Å². The monoisotopic (exact) mass is 688 g/mol. The molecular formula is C33H50BrClO6S. The fourth-order valence-electron chi connectivity index (χ4n) is 5.00. The van der Waals surface area contributed by atoms with Crippen molar-refractivity contribution in [1.82, 2.24) is 0 Å². The summed E-state index contributed by atoms with van der Waals surface area (Å²) in [4.78, 5) is 0.814. The molecule has 9 heteroatoms. The van der Waals surface area contributed by atoms with Crippen LogP contribution < -0.4 is 0 Å². The Morgan fingerprint density at radius 1 is 0.833 bits per heavy atom. The number of unbranched alkanes of at least 4 members (excludes halogenated alkanes) is 4. The maximum atomic E-state index is 11.3. The van der Waals surface area contributed by atoms with E-state index in [2.05, 4.69) is 43.6 Å². The van der Waals surface area contributed by atoms with Crippen molar-refractivity contribution in [3.63, 3.8) is 0 Å². The van der Waals surface area contributed by atoms with Gasteiger partial charge in [0.05, 0.1) is 10.4 Å². The van der Waals surface area contributed by atoms with E-state index in [-0.39, 0.29) is 18.3 Å². The Morgan fingerprint density at radius 2 is 1.43 bits per heavy atom. The van der Waals surface area contributed by atoms with Crippen molar-refractivity contribution in [2.24, 2.45) is 0 Å². The van der Waals surface area contributed by atoms with Crippen LogP contribution in [-0.2, 0) is 23.7 Å². The maximum Gasteiger partial charge on any atom is 0.117 e. The minimum absolute atomic E-state index is 0.321. The predicted molar refractivity (Wildman–Crippen MR) is 175 cm³/mol. The summed E-state index contributed by atoms with van der Waals surface area (Å²) in [5.41, 5.74) is 1.53. The zero-order valence-corrected chi connectivity index (χ0v) is 28.9. The average Bonchev–Trinajstić information content (AvgIpc) is 3.43. The second kappa shape index (κ2) is 19.8. The van der Waals surface area contributed by atoms with Gasteiger partial charge in [-0.05, 0) is 71.4 Å². The topological polar surface area (TPSA) is 66.4 Å². The number of benzene rings is 1. The van der Waals surface area contributed by atoms with Crippen LogP contribution in [-0.4, -0.2) is 62.6 Å². The maximum absolute atomic E-state index is 11.3. The Kier molecular flexibility index (Phi) is 16.9. The Labute approximate surface area is 270 Å². The number of aliphatic hydroxyl groups excluding tert-OH is 1. The number of ether oxygens (including phenoxy) is 5. The summed E-state index contributed by atoms with van der Waals surface area (Å²) in [6, 6.07) is 9.62. The first-order chi connectivity index (χ1) is 20.4. The van der Waals surface area contributed by atoms with Crippen LogP contribution in [0.3, 0.4) is 0 Å². The van der Waals surface area contributed by atoms with Crippen molar-refractivity contribution in [3.05, 3.63) is 55.1 Å². The van der Waals surface area contributed by atoms with Crippen LogP contribution in [0.1, 0.15) is 107 Å². The SMILES string of the molecule is CCCCOCC1OC(c2ccc(Cl)c(C(O)c3ccc(Br)s3)c2)[C@H](OCCCC)C(OCCCC)C1OCCCC. The normalized spacial score (nSPS) is 23.4. The highest BCUT2D eigenvalue weighted by atomic mass is 79.9. The quantitative estimate of drug-likeness (QED) is 0.140. The second-order valence-electron chi connectivity index (χ2n) is 10.9. The summed E-state index contributed by atoms with van der Waals surface area (Å²) in [5, 5.41) is 11.8. The van der Waals surface area contributed by atoms with Gasteiger partial charge in [-0.25, -0.2) is 0 Å². The summed E-state index contributed by atoms with van der Waals surface area (Å²) in [6.45, 7) is 11.6. The molecule has 0 aliphatic carbocycles. The molecule has 6 nitrogen and oxygen atoms in total. The van der Waals surface area contributed by atoms with E-state index in [0.29, 0.717) is 43.6 Å². The molecule has 0 saturated carbocycles. The minimum Gasteiger partial charge on any atom is -0.383 e. The van der Waals surface area contributed by atoms with Crippen molar-refractivity contribution in [3.8, 4) is 0 Å². The van der Waals surface area contributed by atoms with Crippen LogP contribution in [0.15, 0.2) is 34.1 Å². The summed E-state index contributed by atoms with van der Waals surface area (Å²) >= 11 is 11.6. The number of hydrogen-bond donors (Lipinski definition) is 1. The van der Waals surface area contributed by atoms with Crippen LogP contribution in [0.5, 0.6) is 0 Å². The lowest BCUT2D eigenvalue weighted by Crippen LogP contribution is -2.58. The van der Waals surface area contributed by atoms with E-state index in [1.54, 1.807) is 0 Å². The second-order valence-corrected chi connectivity index (χ2v) is 13.8. The van der Waals surface area contributed by atoms with E-state index in [1.165, 1.54) is 11.3 Å². The Hall–Kier alpha value is -0.550. The van der Waals surface area contributed by atoms with E-state index in [4.69, 9.17) is 35.3 Å². The van der Waals surface area contributed by atoms with Gasteiger partial charge in [0, 0.05) is 41.9 Å². The first kappa shape index (κ1) is 35.9. The van der Waals surface area contributed by atoms with Gasteiger partial charge < -0.3 is 28.8 Å². The van der Waals surface area contributed by atoms with Crippen LogP contribution in [0.4, 0.5) is 0 Å². The summed E-state index contributed by atoms with van der Waals surface area (Å²) in [7, 11) is 0. The van der Waals surface area contributed by atoms with Gasteiger partial charge >= 0.3 is 0 Å². The molecule has 1 fully saturated rings. The molecule has 6 atom stereocenters. The Bertz CT molecular complexity index is 1020. The van der Waals surface area contributed by atoms with E-state index < -0.39 is 18.3 Å². The van der Waals surface area contributed by atoms with Crippen LogP contribution in [0, 0.1) is 0 Å². The molecule has 0 amide bonds. The van der Waals surface area contributed by atoms with E-state index in [9.17, 15) is 5.11 Å². The van der Waals surface area contributed by atoms with Crippen LogP contribution in [0.2, 0.25) is 5.02 Å². The number of thiophene rings is 1. The number of hydrogen-bond acceptors (Lipinski definition) is 7. The summed E-state index contributed by atoms with van der Waals surface area (Å²) in [5.74, 6) is 0. The fourth-order valence-corrected chi connectivity index (χ4v) is 6.65. The highest BCUT2D eigenvalue weighted by Gasteiger charge is 2.48. The van der Waals surface area contributed by atoms with Gasteiger partial charge in [0.25, 0.3) is 0 Å². The number of rotatable bonds is 20. The van der Waals surface area contributed by atoms with Crippen LogP contribution >= 0.6 is 38.9 Å². The Morgan fingerprint density at radius 3 is 2.02 bits per heavy atom. The lowest BCUT2D eigenvalue weighted by molar-refractivity contribution is -0.268. The lowest BCUT2D eigenvalue weighted by Gasteiger charge is -2.46. The summed E-state index contributed by atoms with van der Waals surface area (Å²) < 4.78 is 33.7. The molecule has 0 radical (unpaired) electrons. The summed E-state index contributed by atoms with van der Waals surface area (Å²) in [6.07, 6.45) is 5.34. The first-order valence-electron chi connectivity index (χ1n) is 15.8. The van der Waals surface area contributed by atoms with Crippen molar-refractivity contribution < 1.29 is 28.8 Å². The van der Waals surface area contributed by atoms with Gasteiger partial charge in [-0.2, -0.15) is 0 Å². The molecule has 1 saturated heterocycles. The highest BCUT2D eigenvalue weighted by Crippen LogP contribution is 2.41. The molecule has 42 heavy (non-hydrogen) atoms. The standard InChI is InChI=1S/C33H50BrClO6S/c1-5-9-17-37-22-26-31(38-18-10-6-2)33(40-20-12-8-4)32(39-19-11-7-3)30(41-26)23-13-14-25(35)24(21-23)29(36)27-15-16-28(34)42-27/h13-16,21,26,29-33,36H,5-12,17-20,22H2,1-4H3/t26?,29?,30?,31?,32-,33?/m0/s1. The molecule has 238 valence electrons. The van der Waals surface area contributed by atoms with Gasteiger partial charge in [-0.1, -0.05) is 71.0 Å². The molecule has 2 aromatic rings. The third-order valence-corrected chi connectivity index (χ3v) is 9.51. The van der Waals surface area contributed by atoms with E-state index in [1.807, 2.05) is 30.3 Å². The van der Waals surface area contributed by atoms with Gasteiger partial charge in [-0.3, -0.25) is 0 Å². The molecule has 1 aromatic carbocycles. The number of aliphatic hydroxyl groups is 1. The van der Waals surface area contributed by atoms with Gasteiger partial charge in [0.1, 0.15) is 36.6 Å². The van der Waals surface area contributed by atoms with E-state index in [0.717, 1.165) is 65.6 Å². The van der Waals surface area contributed by atoms with Gasteiger partial charge in [0.15, 0.2) is 0 Å². The zero-order chi connectivity index (χ0) is 30.3. The number of halogens is 2. The molecule has 0 spiro atoms. The smallest absolute Gasteiger partial charge is 0.117 e. The van der Waals surface area contributed by atoms with Gasteiger partial charge in [-0.15, -0.1) is 11.3 Å². The fraction of sp³-hybridized carbons (Fsp3) is 0.697. The highest BCUT2D eigenvalue weighted by molar-refractivity contribution is 9.11. The molecule has 3 rings (SSSR count). The van der Waals surface area contributed by atoms with Gasteiger partial charge in [0.2, 0.25) is 0 Å². The molecule has 1 aliphatic heterocycles. The molecule has 1 aliphatic rings. The molecule has 0 bridgehead atoms. The molecule has 2 heterocycles. The predicted octanol–water partition coefficient (Wildman–Crippen LogP) is 9.06. The van der Waals surface area contributed by atoms with Crippen LogP contribution in [0.25, 0.3) is 0 Å². The Balaban J connectivity index is 2.01. The molecule has 5 unspecified atom stereocenters. The van der Waals surface area contributed by atoms with Crippen molar-refractivity contribution >= 4 is 38.9 Å². The molecule has 1 N–H and O–H groups in total. The lowest BCUT2D eigenvalue weighted by atomic mass is 9.89. The molecule has 1 aromatic heterocycles. The molecular weight excluding hydrogens is 640 g/mol. The van der Waals surface area contributed by atoms with Crippen molar-refractivity contribution in [2.75, 3.05) is 33.0 Å². The third-order valence-electron chi connectivity index (χ3n) is 7.49. The zero-order valence-electron chi connectivity index (χ0n) is 25.7. The minimum atomic E-state index is -0.855. The largest absolute Gasteiger partial charge is 0.383 e. The van der Waals surface area contributed by atoms with Crippen molar-refractivity contribution in [2.45, 2.75) is 116 Å². The average molecular weight is 690 g/mol. The van der Waals surface area contributed by atoms with E-state index >= 15 is 0 Å². The third kappa shape index (κ3) is 10.5.